The summed E-state index contributed by atoms with van der Waals surface area (Å²) >= 11 is 1.57. The number of nitrogens with two attached hydrogens (primary N) is 1. The molecule has 0 amide bonds. The zero-order chi connectivity index (χ0) is 10.2. The summed E-state index contributed by atoms with van der Waals surface area (Å²) < 4.78 is 0. The van der Waals surface area contributed by atoms with Gasteiger partial charge in [0, 0.05) is 5.54 Å². The topological polar surface area (TPSA) is 46.2 Å². The molecule has 2 rings (SSSR count). The molecule has 0 bridgehead atoms. The molecule has 76 valence electrons. The van der Waals surface area contributed by atoms with Crippen molar-refractivity contribution in [3.8, 4) is 5.75 Å². The molecule has 0 saturated heterocycles. The molecule has 1 aromatic rings. The van der Waals surface area contributed by atoms with E-state index in [-0.39, 0.29) is 5.54 Å². The predicted molar refractivity (Wildman–Crippen MR) is 59.6 cm³/mol. The van der Waals surface area contributed by atoms with Crippen molar-refractivity contribution in [3.05, 3.63) is 23.8 Å². The quantitative estimate of drug-likeness (QED) is 0.735. The average molecular weight is 209 g/mol. The SMILES string of the molecule is CSc1c(O)cccc1C1(N)CCC1. The molecule has 0 spiro atoms. The molecule has 3 N–H and O–H groups in total. The molecule has 0 unspecified atom stereocenters. The lowest BCUT2D eigenvalue weighted by Crippen LogP contribution is -2.43. The van der Waals surface area contributed by atoms with Gasteiger partial charge in [0.1, 0.15) is 5.75 Å². The number of phenolic OH excluding ortho intramolecular Hbond substituents is 1. The third-order valence-electron chi connectivity index (χ3n) is 2.98. The maximum Gasteiger partial charge on any atom is 0.129 e. The molecule has 1 aromatic carbocycles. The minimum Gasteiger partial charge on any atom is -0.507 e. The smallest absolute Gasteiger partial charge is 0.129 e. The van der Waals surface area contributed by atoms with Crippen LogP contribution in [0.3, 0.4) is 0 Å². The van der Waals surface area contributed by atoms with Crippen LogP contribution < -0.4 is 5.73 Å². The highest BCUT2D eigenvalue weighted by Crippen LogP contribution is 2.44. The second-order valence-electron chi connectivity index (χ2n) is 3.87. The molecule has 3 heteroatoms. The molecule has 0 aromatic heterocycles. The zero-order valence-electron chi connectivity index (χ0n) is 8.29. The van der Waals surface area contributed by atoms with Crippen molar-refractivity contribution in [1.82, 2.24) is 0 Å². The lowest BCUT2D eigenvalue weighted by molar-refractivity contribution is 0.247. The molecule has 1 aliphatic rings. The molecular formula is C11H15NOS. The molecule has 14 heavy (non-hydrogen) atoms. The van der Waals surface area contributed by atoms with Gasteiger partial charge in [-0.15, -0.1) is 11.8 Å². The largest absolute Gasteiger partial charge is 0.507 e. The number of hydrogen-bond acceptors (Lipinski definition) is 3. The molecule has 2 nitrogen and oxygen atoms in total. The first-order valence-electron chi connectivity index (χ1n) is 4.83. The fraction of sp³-hybridized carbons (Fsp3) is 0.455. The predicted octanol–water partition coefficient (Wildman–Crippen LogP) is 2.45. The van der Waals surface area contributed by atoms with E-state index in [1.54, 1.807) is 17.8 Å². The van der Waals surface area contributed by atoms with E-state index in [4.69, 9.17) is 5.73 Å². The Hall–Kier alpha value is -0.670. The standard InChI is InChI=1S/C11H15NOS/c1-14-10-8(4-2-5-9(10)13)11(12)6-3-7-11/h2,4-5,13H,3,6-7,12H2,1H3. The lowest BCUT2D eigenvalue weighted by Gasteiger charge is -2.39. The van der Waals surface area contributed by atoms with E-state index in [2.05, 4.69) is 0 Å². The maximum absolute atomic E-state index is 9.70. The average Bonchev–Trinajstić information content (AvgIpc) is 2.14. The summed E-state index contributed by atoms with van der Waals surface area (Å²) in [6.45, 7) is 0. The highest BCUT2D eigenvalue weighted by atomic mass is 32.2. The van der Waals surface area contributed by atoms with Gasteiger partial charge >= 0.3 is 0 Å². The summed E-state index contributed by atoms with van der Waals surface area (Å²) in [7, 11) is 0. The molecule has 1 aliphatic carbocycles. The van der Waals surface area contributed by atoms with Crippen LogP contribution in [0.15, 0.2) is 23.1 Å². The molecule has 0 atom stereocenters. The minimum absolute atomic E-state index is 0.183. The van der Waals surface area contributed by atoms with Gasteiger partial charge in [0.05, 0.1) is 4.90 Å². The van der Waals surface area contributed by atoms with Gasteiger partial charge in [-0.05, 0) is 37.1 Å². The Labute approximate surface area is 88.5 Å². The van der Waals surface area contributed by atoms with Gasteiger partial charge in [0.2, 0.25) is 0 Å². The number of aromatic hydroxyl groups is 1. The van der Waals surface area contributed by atoms with E-state index >= 15 is 0 Å². The highest BCUT2D eigenvalue weighted by Gasteiger charge is 2.36. The molecular weight excluding hydrogens is 194 g/mol. The van der Waals surface area contributed by atoms with Crippen molar-refractivity contribution >= 4 is 11.8 Å². The first-order valence-corrected chi connectivity index (χ1v) is 6.05. The van der Waals surface area contributed by atoms with Crippen molar-refractivity contribution in [1.29, 1.82) is 0 Å². The molecule has 1 fully saturated rings. The molecule has 0 radical (unpaired) electrons. The monoisotopic (exact) mass is 209 g/mol. The van der Waals surface area contributed by atoms with Gasteiger partial charge in [-0.3, -0.25) is 0 Å². The van der Waals surface area contributed by atoms with E-state index in [0.717, 1.165) is 23.3 Å². The third kappa shape index (κ3) is 1.41. The summed E-state index contributed by atoms with van der Waals surface area (Å²) in [5.74, 6) is 0.353. The van der Waals surface area contributed by atoms with Crippen LogP contribution in [0.5, 0.6) is 5.75 Å². The molecule has 1 saturated carbocycles. The van der Waals surface area contributed by atoms with E-state index < -0.39 is 0 Å². The Morgan fingerprint density at radius 1 is 1.43 bits per heavy atom. The third-order valence-corrected chi connectivity index (χ3v) is 3.82. The Balaban J connectivity index is 2.46. The number of rotatable bonds is 2. The Morgan fingerprint density at radius 2 is 2.14 bits per heavy atom. The van der Waals surface area contributed by atoms with Crippen LogP contribution in [0.2, 0.25) is 0 Å². The Morgan fingerprint density at radius 3 is 2.64 bits per heavy atom. The summed E-state index contributed by atoms with van der Waals surface area (Å²) in [5, 5.41) is 9.70. The summed E-state index contributed by atoms with van der Waals surface area (Å²) in [4.78, 5) is 0.940. The maximum atomic E-state index is 9.70. The summed E-state index contributed by atoms with van der Waals surface area (Å²) in [5.41, 5.74) is 7.17. The number of hydrogen-bond donors (Lipinski definition) is 2. The Bertz CT molecular complexity index is 347. The fourth-order valence-corrected chi connectivity index (χ4v) is 2.73. The van der Waals surface area contributed by atoms with Crippen molar-refractivity contribution in [2.24, 2.45) is 5.73 Å². The van der Waals surface area contributed by atoms with Crippen molar-refractivity contribution < 1.29 is 5.11 Å². The second kappa shape index (κ2) is 3.48. The van der Waals surface area contributed by atoms with Gasteiger partial charge in [-0.1, -0.05) is 12.1 Å². The highest BCUT2D eigenvalue weighted by molar-refractivity contribution is 7.98. The van der Waals surface area contributed by atoms with Gasteiger partial charge in [0.25, 0.3) is 0 Å². The van der Waals surface area contributed by atoms with Crippen LogP contribution in [-0.4, -0.2) is 11.4 Å². The number of phenols is 1. The van der Waals surface area contributed by atoms with E-state index in [9.17, 15) is 5.11 Å². The van der Waals surface area contributed by atoms with E-state index in [0.29, 0.717) is 5.75 Å². The normalized spacial score (nSPS) is 19.0. The van der Waals surface area contributed by atoms with Crippen LogP contribution in [0.1, 0.15) is 24.8 Å². The number of thioether (sulfide) groups is 1. The van der Waals surface area contributed by atoms with E-state index in [1.807, 2.05) is 18.4 Å². The van der Waals surface area contributed by atoms with Gasteiger partial charge in [-0.2, -0.15) is 0 Å². The van der Waals surface area contributed by atoms with Crippen LogP contribution >= 0.6 is 11.8 Å². The minimum atomic E-state index is -0.183. The van der Waals surface area contributed by atoms with Gasteiger partial charge < -0.3 is 10.8 Å². The molecule has 0 heterocycles. The summed E-state index contributed by atoms with van der Waals surface area (Å²) in [6.07, 6.45) is 5.23. The Kier molecular flexibility index (Phi) is 2.45. The van der Waals surface area contributed by atoms with Gasteiger partial charge in [0.15, 0.2) is 0 Å². The van der Waals surface area contributed by atoms with Crippen LogP contribution in [0.4, 0.5) is 0 Å². The number of benzene rings is 1. The first kappa shape index (κ1) is 9.87. The van der Waals surface area contributed by atoms with Crippen LogP contribution in [0.25, 0.3) is 0 Å². The second-order valence-corrected chi connectivity index (χ2v) is 4.68. The molecule has 0 aliphatic heterocycles. The lowest BCUT2D eigenvalue weighted by atomic mass is 9.73. The zero-order valence-corrected chi connectivity index (χ0v) is 9.10. The van der Waals surface area contributed by atoms with Crippen molar-refractivity contribution in [3.63, 3.8) is 0 Å². The van der Waals surface area contributed by atoms with Crippen molar-refractivity contribution in [2.45, 2.75) is 29.7 Å². The van der Waals surface area contributed by atoms with Crippen molar-refractivity contribution in [2.75, 3.05) is 6.26 Å². The summed E-state index contributed by atoms with van der Waals surface area (Å²) in [6, 6.07) is 5.62. The van der Waals surface area contributed by atoms with Gasteiger partial charge in [-0.25, -0.2) is 0 Å². The van der Waals surface area contributed by atoms with Crippen LogP contribution in [-0.2, 0) is 5.54 Å². The van der Waals surface area contributed by atoms with E-state index in [1.165, 1.54) is 6.42 Å². The fourth-order valence-electron chi connectivity index (χ4n) is 1.96. The van der Waals surface area contributed by atoms with Crippen LogP contribution in [0, 0.1) is 0 Å². The first-order chi connectivity index (χ1) is 6.67.